The fourth-order valence-corrected chi connectivity index (χ4v) is 4.61. The molecule has 1 saturated carbocycles. The number of aryl methyl sites for hydroxylation is 1. The van der Waals surface area contributed by atoms with E-state index in [1.54, 1.807) is 6.07 Å². The standard InChI is InChI=1S/C16H26N2O2S/c1-4-16(9-6-10-16)18-21(19,20)15-11-14(12-17-5-2)8-7-13(15)3/h7-8,11,17-18H,4-6,9-10,12H2,1-3H3. The first kappa shape index (κ1) is 16.5. The summed E-state index contributed by atoms with van der Waals surface area (Å²) in [7, 11) is -3.45. The fourth-order valence-electron chi connectivity index (χ4n) is 2.78. The van der Waals surface area contributed by atoms with Crippen LogP contribution in [-0.2, 0) is 16.6 Å². The van der Waals surface area contributed by atoms with Gasteiger partial charge in [0.05, 0.1) is 4.90 Å². The summed E-state index contributed by atoms with van der Waals surface area (Å²) in [6, 6.07) is 5.67. The van der Waals surface area contributed by atoms with Gasteiger partial charge in [0, 0.05) is 12.1 Å². The number of hydrogen-bond acceptors (Lipinski definition) is 3. The Kier molecular flexibility index (Phi) is 5.07. The molecule has 0 spiro atoms. The molecular formula is C16H26N2O2S. The van der Waals surface area contributed by atoms with Crippen molar-refractivity contribution < 1.29 is 8.42 Å². The van der Waals surface area contributed by atoms with E-state index in [9.17, 15) is 8.42 Å². The molecule has 0 heterocycles. The van der Waals surface area contributed by atoms with Crippen LogP contribution in [0.15, 0.2) is 23.1 Å². The number of sulfonamides is 1. The SMILES string of the molecule is CCNCc1ccc(C)c(S(=O)(=O)NC2(CC)CCC2)c1. The van der Waals surface area contributed by atoms with Crippen LogP contribution in [0.2, 0.25) is 0 Å². The third kappa shape index (κ3) is 3.65. The normalized spacial score (nSPS) is 17.5. The van der Waals surface area contributed by atoms with Crippen molar-refractivity contribution in [2.24, 2.45) is 0 Å². The molecule has 1 aliphatic rings. The molecule has 2 rings (SSSR count). The predicted molar refractivity (Wildman–Crippen MR) is 85.8 cm³/mol. The molecule has 0 aliphatic heterocycles. The molecule has 0 atom stereocenters. The van der Waals surface area contributed by atoms with E-state index in [-0.39, 0.29) is 5.54 Å². The molecule has 4 nitrogen and oxygen atoms in total. The van der Waals surface area contributed by atoms with Crippen LogP contribution in [0, 0.1) is 6.92 Å². The second-order valence-electron chi connectivity index (χ2n) is 5.97. The van der Waals surface area contributed by atoms with E-state index >= 15 is 0 Å². The van der Waals surface area contributed by atoms with Crippen LogP contribution in [-0.4, -0.2) is 20.5 Å². The maximum Gasteiger partial charge on any atom is 0.241 e. The van der Waals surface area contributed by atoms with Gasteiger partial charge in [0.2, 0.25) is 10.0 Å². The van der Waals surface area contributed by atoms with E-state index < -0.39 is 10.0 Å². The Balaban J connectivity index is 2.26. The van der Waals surface area contributed by atoms with Crippen molar-refractivity contribution in [3.05, 3.63) is 29.3 Å². The second-order valence-corrected chi connectivity index (χ2v) is 7.62. The summed E-state index contributed by atoms with van der Waals surface area (Å²) >= 11 is 0. The second kappa shape index (κ2) is 6.46. The Morgan fingerprint density at radius 2 is 1.95 bits per heavy atom. The van der Waals surface area contributed by atoms with Crippen molar-refractivity contribution in [1.29, 1.82) is 0 Å². The lowest BCUT2D eigenvalue weighted by Gasteiger charge is -2.41. The minimum absolute atomic E-state index is 0.219. The van der Waals surface area contributed by atoms with E-state index in [1.165, 1.54) is 0 Å². The van der Waals surface area contributed by atoms with Crippen molar-refractivity contribution in [3.8, 4) is 0 Å². The Labute approximate surface area is 128 Å². The van der Waals surface area contributed by atoms with E-state index in [0.29, 0.717) is 11.4 Å². The molecule has 0 saturated heterocycles. The minimum Gasteiger partial charge on any atom is -0.313 e. The number of benzene rings is 1. The number of hydrogen-bond donors (Lipinski definition) is 2. The van der Waals surface area contributed by atoms with Gasteiger partial charge in [-0.2, -0.15) is 0 Å². The Bertz CT molecular complexity index is 587. The molecule has 1 aliphatic carbocycles. The number of nitrogens with one attached hydrogen (secondary N) is 2. The molecule has 0 unspecified atom stereocenters. The summed E-state index contributed by atoms with van der Waals surface area (Å²) in [5.41, 5.74) is 1.58. The van der Waals surface area contributed by atoms with Crippen LogP contribution in [0.25, 0.3) is 0 Å². The molecule has 118 valence electrons. The highest BCUT2D eigenvalue weighted by atomic mass is 32.2. The molecular weight excluding hydrogens is 284 g/mol. The lowest BCUT2D eigenvalue weighted by Crippen LogP contribution is -2.52. The highest BCUT2D eigenvalue weighted by molar-refractivity contribution is 7.89. The van der Waals surface area contributed by atoms with Crippen molar-refractivity contribution in [3.63, 3.8) is 0 Å². The molecule has 1 aromatic rings. The summed E-state index contributed by atoms with van der Waals surface area (Å²) in [4.78, 5) is 0.414. The highest BCUT2D eigenvalue weighted by Crippen LogP contribution is 2.36. The van der Waals surface area contributed by atoms with Crippen molar-refractivity contribution in [2.75, 3.05) is 6.54 Å². The molecule has 1 aromatic carbocycles. The molecule has 0 amide bonds. The average Bonchev–Trinajstić information content (AvgIpc) is 2.42. The van der Waals surface area contributed by atoms with Gasteiger partial charge in [-0.3, -0.25) is 0 Å². The fraction of sp³-hybridized carbons (Fsp3) is 0.625. The molecule has 0 radical (unpaired) electrons. The summed E-state index contributed by atoms with van der Waals surface area (Å²) in [6.45, 7) is 7.50. The predicted octanol–water partition coefficient (Wildman–Crippen LogP) is 2.72. The monoisotopic (exact) mass is 310 g/mol. The van der Waals surface area contributed by atoms with Crippen LogP contribution in [0.3, 0.4) is 0 Å². The van der Waals surface area contributed by atoms with E-state index in [2.05, 4.69) is 17.0 Å². The Morgan fingerprint density at radius 1 is 1.24 bits per heavy atom. The van der Waals surface area contributed by atoms with Gasteiger partial charge in [0.15, 0.2) is 0 Å². The smallest absolute Gasteiger partial charge is 0.241 e. The van der Waals surface area contributed by atoms with Crippen molar-refractivity contribution >= 4 is 10.0 Å². The first-order chi connectivity index (χ1) is 9.92. The lowest BCUT2D eigenvalue weighted by atomic mass is 9.76. The molecule has 1 fully saturated rings. The topological polar surface area (TPSA) is 58.2 Å². The average molecular weight is 310 g/mol. The maximum absolute atomic E-state index is 12.7. The third-order valence-corrected chi connectivity index (χ3v) is 6.18. The van der Waals surface area contributed by atoms with Crippen molar-refractivity contribution in [2.45, 2.75) is 63.4 Å². The minimum atomic E-state index is -3.45. The summed E-state index contributed by atoms with van der Waals surface area (Å²) in [5, 5.41) is 3.23. The zero-order chi connectivity index (χ0) is 15.5. The Hall–Kier alpha value is -0.910. The van der Waals surface area contributed by atoms with Gasteiger partial charge in [-0.1, -0.05) is 26.0 Å². The van der Waals surface area contributed by atoms with Gasteiger partial charge in [-0.05, 0) is 56.3 Å². The molecule has 0 aromatic heterocycles. The summed E-state index contributed by atoms with van der Waals surface area (Å²) < 4.78 is 28.4. The molecule has 5 heteroatoms. The zero-order valence-electron chi connectivity index (χ0n) is 13.2. The van der Waals surface area contributed by atoms with Crippen molar-refractivity contribution in [1.82, 2.24) is 10.0 Å². The van der Waals surface area contributed by atoms with Crippen LogP contribution >= 0.6 is 0 Å². The molecule has 0 bridgehead atoms. The summed E-state index contributed by atoms with van der Waals surface area (Å²) in [5.74, 6) is 0. The van der Waals surface area contributed by atoms with Gasteiger partial charge in [0.1, 0.15) is 0 Å². The number of rotatable bonds is 7. The van der Waals surface area contributed by atoms with Crippen LogP contribution < -0.4 is 10.0 Å². The summed E-state index contributed by atoms with van der Waals surface area (Å²) in [6.07, 6.45) is 3.84. The van der Waals surface area contributed by atoms with Crippen LogP contribution in [0.5, 0.6) is 0 Å². The first-order valence-electron chi connectivity index (χ1n) is 7.77. The van der Waals surface area contributed by atoms with Crippen LogP contribution in [0.4, 0.5) is 0 Å². The molecule has 21 heavy (non-hydrogen) atoms. The van der Waals surface area contributed by atoms with E-state index in [1.807, 2.05) is 26.0 Å². The first-order valence-corrected chi connectivity index (χ1v) is 9.25. The van der Waals surface area contributed by atoms with Crippen LogP contribution in [0.1, 0.15) is 50.7 Å². The lowest BCUT2D eigenvalue weighted by molar-refractivity contribution is 0.214. The van der Waals surface area contributed by atoms with Gasteiger partial charge < -0.3 is 5.32 Å². The van der Waals surface area contributed by atoms with E-state index in [0.717, 1.165) is 43.4 Å². The van der Waals surface area contributed by atoms with E-state index in [4.69, 9.17) is 0 Å². The largest absolute Gasteiger partial charge is 0.313 e. The van der Waals surface area contributed by atoms with Gasteiger partial charge in [-0.25, -0.2) is 13.1 Å². The zero-order valence-corrected chi connectivity index (χ0v) is 14.0. The Morgan fingerprint density at radius 3 is 2.48 bits per heavy atom. The van der Waals surface area contributed by atoms with Gasteiger partial charge in [0.25, 0.3) is 0 Å². The maximum atomic E-state index is 12.7. The quantitative estimate of drug-likeness (QED) is 0.814. The van der Waals surface area contributed by atoms with Gasteiger partial charge >= 0.3 is 0 Å². The third-order valence-electron chi connectivity index (χ3n) is 4.46. The van der Waals surface area contributed by atoms with Gasteiger partial charge in [-0.15, -0.1) is 0 Å². The highest BCUT2D eigenvalue weighted by Gasteiger charge is 2.39. The molecule has 2 N–H and O–H groups in total.